The lowest BCUT2D eigenvalue weighted by atomic mass is 10.0. The molecule has 0 unspecified atom stereocenters. The van der Waals surface area contributed by atoms with E-state index in [4.69, 9.17) is 10.5 Å². The van der Waals surface area contributed by atoms with Crippen LogP contribution in [-0.2, 0) is 16.0 Å². The van der Waals surface area contributed by atoms with Crippen molar-refractivity contribution < 1.29 is 9.53 Å². The Hall–Kier alpha value is -2.03. The molecule has 0 bridgehead atoms. The van der Waals surface area contributed by atoms with Gasteiger partial charge in [0.05, 0.1) is 13.0 Å². The van der Waals surface area contributed by atoms with E-state index < -0.39 is 0 Å². The van der Waals surface area contributed by atoms with Gasteiger partial charge in [0.25, 0.3) is 0 Å². The summed E-state index contributed by atoms with van der Waals surface area (Å²) in [5.41, 5.74) is 7.41. The van der Waals surface area contributed by atoms with Crippen LogP contribution in [0.3, 0.4) is 0 Å². The van der Waals surface area contributed by atoms with Gasteiger partial charge in [0.15, 0.2) is 0 Å². The monoisotopic (exact) mass is 229 g/mol. The number of hydrogen-bond donors (Lipinski definition) is 1. The molecule has 2 N–H and O–H groups in total. The van der Waals surface area contributed by atoms with Gasteiger partial charge in [0.1, 0.15) is 0 Å². The number of nitrogen functional groups attached to an aromatic ring is 1. The van der Waals surface area contributed by atoms with E-state index in [2.05, 4.69) is 0 Å². The Bertz CT molecular complexity index is 549. The van der Waals surface area contributed by atoms with Gasteiger partial charge in [0.2, 0.25) is 0 Å². The number of nitrogens with two attached hydrogens (primary N) is 1. The summed E-state index contributed by atoms with van der Waals surface area (Å²) in [7, 11) is 0. The molecule has 88 valence electrons. The molecule has 2 aromatic rings. The Labute approximate surface area is 100 Å². The lowest BCUT2D eigenvalue weighted by Gasteiger charge is -2.04. The Morgan fingerprint density at radius 2 is 1.88 bits per heavy atom. The van der Waals surface area contributed by atoms with Gasteiger partial charge in [-0.1, -0.05) is 24.3 Å². The quantitative estimate of drug-likeness (QED) is 0.650. The van der Waals surface area contributed by atoms with E-state index in [1.165, 1.54) is 0 Å². The van der Waals surface area contributed by atoms with Gasteiger partial charge in [-0.15, -0.1) is 0 Å². The lowest BCUT2D eigenvalue weighted by molar-refractivity contribution is -0.142. The van der Waals surface area contributed by atoms with Crippen LogP contribution in [0.25, 0.3) is 10.8 Å². The number of hydrogen-bond acceptors (Lipinski definition) is 3. The SMILES string of the molecule is CCOC(=O)Cc1ccc2cc(N)ccc2c1. The second-order valence-corrected chi connectivity index (χ2v) is 3.92. The lowest BCUT2D eigenvalue weighted by Crippen LogP contribution is -2.07. The Morgan fingerprint density at radius 3 is 2.65 bits per heavy atom. The number of fused-ring (bicyclic) bond motifs is 1. The third-order valence-corrected chi connectivity index (χ3v) is 2.58. The topological polar surface area (TPSA) is 52.3 Å². The first kappa shape index (κ1) is 11.5. The fourth-order valence-corrected chi connectivity index (χ4v) is 1.80. The molecule has 0 spiro atoms. The van der Waals surface area contributed by atoms with Crippen molar-refractivity contribution in [2.45, 2.75) is 13.3 Å². The van der Waals surface area contributed by atoms with Crippen molar-refractivity contribution >= 4 is 22.4 Å². The highest BCUT2D eigenvalue weighted by Gasteiger charge is 2.04. The van der Waals surface area contributed by atoms with Crippen LogP contribution < -0.4 is 5.73 Å². The molecule has 0 fully saturated rings. The molecule has 0 radical (unpaired) electrons. The van der Waals surface area contributed by atoms with Crippen molar-refractivity contribution in [2.75, 3.05) is 12.3 Å². The number of esters is 1. The largest absolute Gasteiger partial charge is 0.466 e. The van der Waals surface area contributed by atoms with E-state index in [9.17, 15) is 4.79 Å². The molecule has 2 rings (SSSR count). The number of anilines is 1. The first-order valence-electron chi connectivity index (χ1n) is 5.63. The van der Waals surface area contributed by atoms with E-state index in [-0.39, 0.29) is 5.97 Å². The molecule has 0 aliphatic carbocycles. The van der Waals surface area contributed by atoms with Crippen molar-refractivity contribution in [2.24, 2.45) is 0 Å². The number of carbonyl (C=O) groups excluding carboxylic acids is 1. The second-order valence-electron chi connectivity index (χ2n) is 3.92. The molecule has 0 heterocycles. The summed E-state index contributed by atoms with van der Waals surface area (Å²) in [6.07, 6.45) is 0.314. The van der Waals surface area contributed by atoms with Gasteiger partial charge in [-0.2, -0.15) is 0 Å². The highest BCUT2D eigenvalue weighted by Crippen LogP contribution is 2.19. The molecular formula is C14H15NO2. The van der Waals surface area contributed by atoms with Crippen LogP contribution in [0.2, 0.25) is 0 Å². The van der Waals surface area contributed by atoms with Crippen LogP contribution in [0.15, 0.2) is 36.4 Å². The van der Waals surface area contributed by atoms with E-state index in [1.807, 2.05) is 36.4 Å². The molecule has 0 atom stereocenters. The van der Waals surface area contributed by atoms with Crippen LogP contribution in [0.4, 0.5) is 5.69 Å². The minimum atomic E-state index is -0.192. The van der Waals surface area contributed by atoms with Crippen molar-refractivity contribution in [3.05, 3.63) is 42.0 Å². The average Bonchev–Trinajstić information content (AvgIpc) is 2.29. The van der Waals surface area contributed by atoms with Gasteiger partial charge in [-0.3, -0.25) is 4.79 Å². The van der Waals surface area contributed by atoms with E-state index in [0.717, 1.165) is 22.0 Å². The predicted octanol–water partition coefficient (Wildman–Crippen LogP) is 2.53. The normalized spacial score (nSPS) is 10.4. The smallest absolute Gasteiger partial charge is 0.310 e. The highest BCUT2D eigenvalue weighted by atomic mass is 16.5. The minimum absolute atomic E-state index is 0.192. The van der Waals surface area contributed by atoms with Gasteiger partial charge in [-0.05, 0) is 35.4 Å². The van der Waals surface area contributed by atoms with Crippen molar-refractivity contribution in [3.63, 3.8) is 0 Å². The fourth-order valence-electron chi connectivity index (χ4n) is 1.80. The fraction of sp³-hybridized carbons (Fsp3) is 0.214. The Kier molecular flexibility index (Phi) is 3.28. The molecular weight excluding hydrogens is 214 g/mol. The van der Waals surface area contributed by atoms with Crippen molar-refractivity contribution in [1.82, 2.24) is 0 Å². The molecule has 2 aromatic carbocycles. The molecule has 0 aliphatic rings. The molecule has 3 nitrogen and oxygen atoms in total. The van der Waals surface area contributed by atoms with Crippen LogP contribution >= 0.6 is 0 Å². The summed E-state index contributed by atoms with van der Waals surface area (Å²) >= 11 is 0. The Balaban J connectivity index is 2.26. The second kappa shape index (κ2) is 4.87. The maximum absolute atomic E-state index is 11.4. The molecule has 0 saturated heterocycles. The average molecular weight is 229 g/mol. The van der Waals surface area contributed by atoms with Gasteiger partial charge in [0, 0.05) is 5.69 Å². The zero-order valence-electron chi connectivity index (χ0n) is 9.77. The third kappa shape index (κ3) is 2.75. The summed E-state index contributed by atoms with van der Waals surface area (Å²) in [6.45, 7) is 2.23. The zero-order valence-corrected chi connectivity index (χ0v) is 9.77. The number of benzene rings is 2. The third-order valence-electron chi connectivity index (χ3n) is 2.58. The zero-order chi connectivity index (χ0) is 12.3. The number of rotatable bonds is 3. The summed E-state index contributed by atoms with van der Waals surface area (Å²) in [5.74, 6) is -0.192. The summed E-state index contributed by atoms with van der Waals surface area (Å²) < 4.78 is 4.92. The standard InChI is InChI=1S/C14H15NO2/c1-2-17-14(16)8-10-3-4-12-9-13(15)6-5-11(12)7-10/h3-7,9H,2,8,15H2,1H3. The summed E-state index contributed by atoms with van der Waals surface area (Å²) in [4.78, 5) is 11.4. The summed E-state index contributed by atoms with van der Waals surface area (Å²) in [6, 6.07) is 11.6. The first-order valence-corrected chi connectivity index (χ1v) is 5.63. The molecule has 0 amide bonds. The molecule has 17 heavy (non-hydrogen) atoms. The Morgan fingerprint density at radius 1 is 1.18 bits per heavy atom. The van der Waals surface area contributed by atoms with Crippen molar-refractivity contribution in [1.29, 1.82) is 0 Å². The molecule has 0 saturated carbocycles. The van der Waals surface area contributed by atoms with Crippen LogP contribution in [0, 0.1) is 0 Å². The maximum atomic E-state index is 11.4. The number of ether oxygens (including phenoxy) is 1. The van der Waals surface area contributed by atoms with E-state index >= 15 is 0 Å². The van der Waals surface area contributed by atoms with Gasteiger partial charge in [-0.25, -0.2) is 0 Å². The predicted molar refractivity (Wildman–Crippen MR) is 68.7 cm³/mol. The van der Waals surface area contributed by atoms with Gasteiger partial charge >= 0.3 is 5.97 Å². The van der Waals surface area contributed by atoms with E-state index in [1.54, 1.807) is 6.92 Å². The maximum Gasteiger partial charge on any atom is 0.310 e. The number of carbonyl (C=O) groups is 1. The van der Waals surface area contributed by atoms with Gasteiger partial charge < -0.3 is 10.5 Å². The minimum Gasteiger partial charge on any atom is -0.466 e. The molecule has 0 aliphatic heterocycles. The highest BCUT2D eigenvalue weighted by molar-refractivity contribution is 5.86. The summed E-state index contributed by atoms with van der Waals surface area (Å²) in [5, 5.41) is 2.17. The molecule has 3 heteroatoms. The van der Waals surface area contributed by atoms with Crippen LogP contribution in [0.5, 0.6) is 0 Å². The molecule has 0 aromatic heterocycles. The first-order chi connectivity index (χ1) is 8.19. The van der Waals surface area contributed by atoms with E-state index in [0.29, 0.717) is 13.0 Å². The van der Waals surface area contributed by atoms with Crippen LogP contribution in [0.1, 0.15) is 12.5 Å². The van der Waals surface area contributed by atoms with Crippen LogP contribution in [-0.4, -0.2) is 12.6 Å². The van der Waals surface area contributed by atoms with Crippen molar-refractivity contribution in [3.8, 4) is 0 Å².